The highest BCUT2D eigenvalue weighted by atomic mass is 79.9. The summed E-state index contributed by atoms with van der Waals surface area (Å²) in [7, 11) is 0. The normalized spacial score (nSPS) is 12.3. The Morgan fingerprint density at radius 1 is 1.43 bits per heavy atom. The summed E-state index contributed by atoms with van der Waals surface area (Å²) in [5, 5.41) is 2.85. The number of carbonyl (C=O) groups excluding carboxylic acids is 1. The van der Waals surface area contributed by atoms with Crippen LogP contribution in [0, 0.1) is 13.8 Å². The SMILES string of the molecule is Cc1ccc(NC(=O)[C@H](C)Br)c(C)c1. The van der Waals surface area contributed by atoms with Crippen LogP contribution in [-0.4, -0.2) is 10.7 Å². The topological polar surface area (TPSA) is 29.1 Å². The first kappa shape index (κ1) is 11.2. The van der Waals surface area contributed by atoms with Gasteiger partial charge in [0, 0.05) is 5.69 Å². The van der Waals surface area contributed by atoms with Crippen LogP contribution in [0.1, 0.15) is 18.1 Å². The van der Waals surface area contributed by atoms with E-state index in [1.165, 1.54) is 5.56 Å². The predicted molar refractivity (Wildman–Crippen MR) is 62.9 cm³/mol. The highest BCUT2D eigenvalue weighted by Crippen LogP contribution is 2.16. The maximum atomic E-state index is 11.4. The van der Waals surface area contributed by atoms with Crippen molar-refractivity contribution in [2.45, 2.75) is 25.6 Å². The fourth-order valence-electron chi connectivity index (χ4n) is 1.19. The molecule has 0 saturated carbocycles. The quantitative estimate of drug-likeness (QED) is 0.809. The Bertz CT molecular complexity index is 347. The van der Waals surface area contributed by atoms with Crippen molar-refractivity contribution in [3.63, 3.8) is 0 Å². The average molecular weight is 256 g/mol. The van der Waals surface area contributed by atoms with Crippen LogP contribution in [0.5, 0.6) is 0 Å². The summed E-state index contributed by atoms with van der Waals surface area (Å²) in [6.07, 6.45) is 0. The van der Waals surface area contributed by atoms with Crippen LogP contribution in [0.3, 0.4) is 0 Å². The van der Waals surface area contributed by atoms with E-state index in [-0.39, 0.29) is 10.7 Å². The van der Waals surface area contributed by atoms with Crippen molar-refractivity contribution in [3.8, 4) is 0 Å². The van der Waals surface area contributed by atoms with E-state index < -0.39 is 0 Å². The summed E-state index contributed by atoms with van der Waals surface area (Å²) in [4.78, 5) is 11.2. The molecule has 0 aliphatic heterocycles. The van der Waals surface area contributed by atoms with E-state index in [4.69, 9.17) is 0 Å². The molecule has 1 N–H and O–H groups in total. The second-order valence-electron chi connectivity index (χ2n) is 3.42. The molecule has 0 saturated heterocycles. The zero-order valence-corrected chi connectivity index (χ0v) is 10.2. The van der Waals surface area contributed by atoms with Crippen LogP contribution in [-0.2, 0) is 4.79 Å². The molecule has 76 valence electrons. The van der Waals surface area contributed by atoms with Gasteiger partial charge in [0.1, 0.15) is 0 Å². The Morgan fingerprint density at radius 2 is 2.07 bits per heavy atom. The van der Waals surface area contributed by atoms with Crippen LogP contribution in [0.4, 0.5) is 5.69 Å². The third-order valence-electron chi connectivity index (χ3n) is 2.00. The van der Waals surface area contributed by atoms with Gasteiger partial charge in [-0.2, -0.15) is 0 Å². The van der Waals surface area contributed by atoms with E-state index in [9.17, 15) is 4.79 Å². The molecule has 0 aromatic heterocycles. The minimum atomic E-state index is -0.164. The summed E-state index contributed by atoms with van der Waals surface area (Å²) in [6.45, 7) is 5.83. The number of nitrogens with one attached hydrogen (secondary N) is 1. The Labute approximate surface area is 92.8 Å². The number of halogens is 1. The van der Waals surface area contributed by atoms with Gasteiger partial charge in [-0.3, -0.25) is 4.79 Å². The average Bonchev–Trinajstić information content (AvgIpc) is 2.09. The van der Waals surface area contributed by atoms with Crippen molar-refractivity contribution in [2.24, 2.45) is 0 Å². The number of benzene rings is 1. The van der Waals surface area contributed by atoms with E-state index in [0.29, 0.717) is 0 Å². The Morgan fingerprint density at radius 3 is 2.57 bits per heavy atom. The number of carbonyl (C=O) groups is 1. The van der Waals surface area contributed by atoms with Crippen LogP contribution in [0.15, 0.2) is 18.2 Å². The van der Waals surface area contributed by atoms with Crippen LogP contribution in [0.25, 0.3) is 0 Å². The van der Waals surface area contributed by atoms with Crippen molar-refractivity contribution in [3.05, 3.63) is 29.3 Å². The fraction of sp³-hybridized carbons (Fsp3) is 0.364. The molecule has 1 aromatic carbocycles. The lowest BCUT2D eigenvalue weighted by atomic mass is 10.1. The van der Waals surface area contributed by atoms with Crippen molar-refractivity contribution >= 4 is 27.5 Å². The Kier molecular flexibility index (Phi) is 3.69. The number of alkyl halides is 1. The monoisotopic (exact) mass is 255 g/mol. The lowest BCUT2D eigenvalue weighted by Gasteiger charge is -2.09. The molecule has 0 radical (unpaired) electrons. The summed E-state index contributed by atoms with van der Waals surface area (Å²) >= 11 is 3.22. The molecule has 0 spiro atoms. The van der Waals surface area contributed by atoms with Gasteiger partial charge in [0.05, 0.1) is 4.83 Å². The molecule has 0 aliphatic rings. The van der Waals surface area contributed by atoms with E-state index in [0.717, 1.165) is 11.3 Å². The number of anilines is 1. The molecule has 2 nitrogen and oxygen atoms in total. The number of aryl methyl sites for hydroxylation is 2. The van der Waals surface area contributed by atoms with Gasteiger partial charge >= 0.3 is 0 Å². The third kappa shape index (κ3) is 2.84. The molecular weight excluding hydrogens is 242 g/mol. The first-order chi connectivity index (χ1) is 6.50. The van der Waals surface area contributed by atoms with Gasteiger partial charge in [0.15, 0.2) is 0 Å². The van der Waals surface area contributed by atoms with E-state index >= 15 is 0 Å². The van der Waals surface area contributed by atoms with Crippen molar-refractivity contribution in [1.82, 2.24) is 0 Å². The maximum Gasteiger partial charge on any atom is 0.237 e. The molecule has 0 aliphatic carbocycles. The van der Waals surface area contributed by atoms with Crippen LogP contribution in [0.2, 0.25) is 0 Å². The molecule has 1 amide bonds. The molecule has 0 fully saturated rings. The number of rotatable bonds is 2. The summed E-state index contributed by atoms with van der Waals surface area (Å²) < 4.78 is 0. The van der Waals surface area contributed by atoms with Gasteiger partial charge < -0.3 is 5.32 Å². The summed E-state index contributed by atoms with van der Waals surface area (Å²) in [6, 6.07) is 5.97. The van der Waals surface area contributed by atoms with Crippen molar-refractivity contribution in [2.75, 3.05) is 5.32 Å². The standard InChI is InChI=1S/C11H14BrNO/c1-7-4-5-10(8(2)6-7)13-11(14)9(3)12/h4-6,9H,1-3H3,(H,13,14)/t9-/m0/s1. The lowest BCUT2D eigenvalue weighted by molar-refractivity contribution is -0.115. The third-order valence-corrected chi connectivity index (χ3v) is 2.42. The number of amides is 1. The molecule has 1 rings (SSSR count). The van der Waals surface area contributed by atoms with E-state index in [1.54, 1.807) is 6.92 Å². The second kappa shape index (κ2) is 4.60. The second-order valence-corrected chi connectivity index (χ2v) is 4.80. The first-order valence-electron chi connectivity index (χ1n) is 4.53. The zero-order chi connectivity index (χ0) is 10.7. The zero-order valence-electron chi connectivity index (χ0n) is 8.60. The summed E-state index contributed by atoms with van der Waals surface area (Å²) in [5.74, 6) is -0.0167. The van der Waals surface area contributed by atoms with E-state index in [2.05, 4.69) is 27.3 Å². The first-order valence-corrected chi connectivity index (χ1v) is 5.44. The molecular formula is C11H14BrNO. The molecule has 3 heteroatoms. The van der Waals surface area contributed by atoms with Crippen LogP contribution >= 0.6 is 15.9 Å². The van der Waals surface area contributed by atoms with Gasteiger partial charge in [-0.05, 0) is 32.4 Å². The minimum absolute atomic E-state index is 0.0167. The largest absolute Gasteiger partial charge is 0.325 e. The molecule has 1 atom stereocenters. The Balaban J connectivity index is 2.82. The number of hydrogen-bond acceptors (Lipinski definition) is 1. The minimum Gasteiger partial charge on any atom is -0.325 e. The highest BCUT2D eigenvalue weighted by molar-refractivity contribution is 9.10. The van der Waals surface area contributed by atoms with Gasteiger partial charge in [0.25, 0.3) is 0 Å². The fourth-order valence-corrected chi connectivity index (χ4v) is 1.30. The smallest absolute Gasteiger partial charge is 0.237 e. The molecule has 0 unspecified atom stereocenters. The van der Waals surface area contributed by atoms with Gasteiger partial charge in [-0.15, -0.1) is 0 Å². The van der Waals surface area contributed by atoms with Crippen molar-refractivity contribution < 1.29 is 4.79 Å². The molecule has 14 heavy (non-hydrogen) atoms. The van der Waals surface area contributed by atoms with Gasteiger partial charge in [0.2, 0.25) is 5.91 Å². The molecule has 1 aromatic rings. The lowest BCUT2D eigenvalue weighted by Crippen LogP contribution is -2.20. The van der Waals surface area contributed by atoms with Crippen molar-refractivity contribution in [1.29, 1.82) is 0 Å². The van der Waals surface area contributed by atoms with Crippen LogP contribution < -0.4 is 5.32 Å². The summed E-state index contributed by atoms with van der Waals surface area (Å²) in [5.41, 5.74) is 3.17. The number of hydrogen-bond donors (Lipinski definition) is 1. The maximum absolute atomic E-state index is 11.4. The van der Waals surface area contributed by atoms with Gasteiger partial charge in [-0.25, -0.2) is 0 Å². The molecule has 0 heterocycles. The highest BCUT2D eigenvalue weighted by Gasteiger charge is 2.09. The van der Waals surface area contributed by atoms with Gasteiger partial charge in [-0.1, -0.05) is 33.6 Å². The Hall–Kier alpha value is -0.830. The van der Waals surface area contributed by atoms with E-state index in [1.807, 2.05) is 26.0 Å². The predicted octanol–water partition coefficient (Wildman–Crippen LogP) is 3.03. The molecule has 0 bridgehead atoms.